The molecule has 0 radical (unpaired) electrons. The molecule has 1 rings (SSSR count). The number of carbonyl (C=O) groups excluding carboxylic acids is 1. The normalized spacial score (nSPS) is 12.2. The van der Waals surface area contributed by atoms with Gasteiger partial charge in [-0.25, -0.2) is 8.42 Å². The highest BCUT2D eigenvalue weighted by Gasteiger charge is 2.24. The third-order valence-electron chi connectivity index (χ3n) is 3.44. The lowest BCUT2D eigenvalue weighted by Gasteiger charge is -2.28. The van der Waals surface area contributed by atoms with Crippen molar-refractivity contribution in [3.63, 3.8) is 0 Å². The molecule has 0 saturated carbocycles. The van der Waals surface area contributed by atoms with E-state index in [4.69, 9.17) is 22.3 Å². The van der Waals surface area contributed by atoms with Gasteiger partial charge < -0.3 is 5.32 Å². The molecule has 112 valence electrons. The van der Waals surface area contributed by atoms with Gasteiger partial charge in [0.1, 0.15) is 0 Å². The van der Waals surface area contributed by atoms with E-state index in [1.807, 2.05) is 20.8 Å². The van der Waals surface area contributed by atoms with Gasteiger partial charge in [0.15, 0.2) is 0 Å². The third kappa shape index (κ3) is 4.11. The van der Waals surface area contributed by atoms with Gasteiger partial charge in [-0.05, 0) is 38.0 Å². The lowest BCUT2D eigenvalue weighted by atomic mass is 9.95. The van der Waals surface area contributed by atoms with Gasteiger partial charge in [0, 0.05) is 16.2 Å². The Balaban J connectivity index is 3.17. The molecule has 1 aromatic carbocycles. The molecule has 1 amide bonds. The van der Waals surface area contributed by atoms with Crippen LogP contribution in [0.3, 0.4) is 0 Å². The summed E-state index contributed by atoms with van der Waals surface area (Å²) in [7, 11) is 1.38. The Kier molecular flexibility index (Phi) is 5.46. The fourth-order valence-corrected chi connectivity index (χ4v) is 2.58. The minimum Gasteiger partial charge on any atom is -0.347 e. The number of halogens is 2. The van der Waals surface area contributed by atoms with Crippen LogP contribution in [0.4, 0.5) is 0 Å². The molecule has 0 atom stereocenters. The molecular weight excluding hydrogens is 321 g/mol. The first kappa shape index (κ1) is 17.3. The van der Waals surface area contributed by atoms with Gasteiger partial charge in [0.2, 0.25) is 0 Å². The van der Waals surface area contributed by atoms with Crippen LogP contribution in [0.1, 0.15) is 44.0 Å². The molecule has 0 aliphatic rings. The fourth-order valence-electron chi connectivity index (χ4n) is 1.60. The molecule has 0 bridgehead atoms. The predicted octanol–water partition coefficient (Wildman–Crippen LogP) is 3.58. The van der Waals surface area contributed by atoms with Gasteiger partial charge in [-0.15, -0.1) is 0 Å². The van der Waals surface area contributed by atoms with Crippen LogP contribution in [0.5, 0.6) is 0 Å². The monoisotopic (exact) mass is 337 g/mol. The molecule has 0 unspecified atom stereocenters. The topological polar surface area (TPSA) is 63.2 Å². The van der Waals surface area contributed by atoms with E-state index < -0.39 is 15.0 Å². The van der Waals surface area contributed by atoms with Crippen LogP contribution in [0.2, 0.25) is 5.02 Å². The summed E-state index contributed by atoms with van der Waals surface area (Å²) in [5.41, 5.74) is -0.266. The minimum atomic E-state index is -3.90. The zero-order chi connectivity index (χ0) is 15.6. The number of rotatable bonds is 5. The van der Waals surface area contributed by atoms with Gasteiger partial charge >= 0.3 is 0 Å². The Morgan fingerprint density at radius 2 is 1.85 bits per heavy atom. The number of amides is 1. The number of carbonyl (C=O) groups is 1. The highest BCUT2D eigenvalue weighted by Crippen LogP contribution is 2.24. The average molecular weight is 338 g/mol. The number of hydrogen-bond acceptors (Lipinski definition) is 3. The molecule has 0 spiro atoms. The first-order valence-corrected chi connectivity index (χ1v) is 8.88. The van der Waals surface area contributed by atoms with Gasteiger partial charge in [-0.1, -0.05) is 25.4 Å². The van der Waals surface area contributed by atoms with E-state index in [-0.39, 0.29) is 21.0 Å². The average Bonchev–Trinajstić information content (AvgIpc) is 2.37. The number of nitrogens with one attached hydrogen (secondary N) is 1. The molecule has 1 aromatic rings. The molecule has 0 aliphatic carbocycles. The molecule has 4 nitrogen and oxygen atoms in total. The van der Waals surface area contributed by atoms with E-state index in [0.29, 0.717) is 0 Å². The van der Waals surface area contributed by atoms with Crippen molar-refractivity contribution in [3.8, 4) is 0 Å². The largest absolute Gasteiger partial charge is 0.347 e. The summed E-state index contributed by atoms with van der Waals surface area (Å²) in [6.07, 6.45) is 1.50. The van der Waals surface area contributed by atoms with Crippen LogP contribution in [-0.4, -0.2) is 19.9 Å². The summed E-state index contributed by atoms with van der Waals surface area (Å²) < 4.78 is 22.6. The number of benzene rings is 1. The molecule has 0 aliphatic heterocycles. The second-order valence-corrected chi connectivity index (χ2v) is 7.77. The Morgan fingerprint density at radius 1 is 1.30 bits per heavy atom. The predicted molar refractivity (Wildman–Crippen MR) is 80.9 cm³/mol. The molecular formula is C13H17Cl2NO3S. The SMILES string of the molecule is CCC(C)(CC)NC(=O)c1cc(S(=O)(=O)Cl)ccc1Cl. The Labute approximate surface area is 128 Å². The van der Waals surface area contributed by atoms with Crippen LogP contribution >= 0.6 is 22.3 Å². The minimum absolute atomic E-state index is 0.0986. The smallest absolute Gasteiger partial charge is 0.261 e. The molecule has 20 heavy (non-hydrogen) atoms. The first-order chi connectivity index (χ1) is 9.13. The summed E-state index contributed by atoms with van der Waals surface area (Å²) in [4.78, 5) is 12.1. The maximum atomic E-state index is 12.2. The maximum absolute atomic E-state index is 12.2. The van der Waals surface area contributed by atoms with Crippen molar-refractivity contribution < 1.29 is 13.2 Å². The fraction of sp³-hybridized carbons (Fsp3) is 0.462. The van der Waals surface area contributed by atoms with Crippen molar-refractivity contribution in [2.75, 3.05) is 0 Å². The van der Waals surface area contributed by atoms with Crippen molar-refractivity contribution >= 4 is 37.2 Å². The maximum Gasteiger partial charge on any atom is 0.261 e. The van der Waals surface area contributed by atoms with E-state index in [0.717, 1.165) is 12.8 Å². The zero-order valence-corrected chi connectivity index (χ0v) is 13.9. The van der Waals surface area contributed by atoms with E-state index in [1.54, 1.807) is 0 Å². The Bertz CT molecular complexity index is 610. The van der Waals surface area contributed by atoms with E-state index in [1.165, 1.54) is 18.2 Å². The van der Waals surface area contributed by atoms with Crippen LogP contribution < -0.4 is 5.32 Å². The summed E-state index contributed by atoms with van der Waals surface area (Å²) in [5, 5.41) is 3.05. The molecule has 7 heteroatoms. The summed E-state index contributed by atoms with van der Waals surface area (Å²) in [6.45, 7) is 5.84. The highest BCUT2D eigenvalue weighted by molar-refractivity contribution is 8.13. The third-order valence-corrected chi connectivity index (χ3v) is 5.12. The summed E-state index contributed by atoms with van der Waals surface area (Å²) in [6, 6.07) is 3.80. The quantitative estimate of drug-likeness (QED) is 0.835. The molecule has 0 fully saturated rings. The van der Waals surface area contributed by atoms with Crippen LogP contribution in [0, 0.1) is 0 Å². The first-order valence-electron chi connectivity index (χ1n) is 6.19. The molecule has 1 N–H and O–H groups in total. The van der Waals surface area contributed by atoms with Gasteiger partial charge in [-0.3, -0.25) is 4.79 Å². The molecule has 0 heterocycles. The van der Waals surface area contributed by atoms with Gasteiger partial charge in [0.05, 0.1) is 15.5 Å². The van der Waals surface area contributed by atoms with Crippen molar-refractivity contribution in [2.24, 2.45) is 0 Å². The van der Waals surface area contributed by atoms with Crippen LogP contribution in [0.15, 0.2) is 23.1 Å². The van der Waals surface area contributed by atoms with E-state index in [9.17, 15) is 13.2 Å². The summed E-state index contributed by atoms with van der Waals surface area (Å²) in [5.74, 6) is -0.414. The number of hydrogen-bond donors (Lipinski definition) is 1. The standard InChI is InChI=1S/C13H17Cl2NO3S/c1-4-13(3,5-2)16-12(17)10-8-9(20(15,18)19)6-7-11(10)14/h6-8H,4-5H2,1-3H3,(H,16,17). The van der Waals surface area contributed by atoms with E-state index in [2.05, 4.69) is 5.32 Å². The van der Waals surface area contributed by atoms with Gasteiger partial charge in [-0.2, -0.15) is 0 Å². The van der Waals surface area contributed by atoms with Crippen molar-refractivity contribution in [1.29, 1.82) is 0 Å². The second-order valence-electron chi connectivity index (χ2n) is 4.80. The Morgan fingerprint density at radius 3 is 2.30 bits per heavy atom. The van der Waals surface area contributed by atoms with E-state index >= 15 is 0 Å². The molecule has 0 saturated heterocycles. The highest BCUT2D eigenvalue weighted by atomic mass is 35.7. The Hall–Kier alpha value is -0.780. The lowest BCUT2D eigenvalue weighted by Crippen LogP contribution is -2.45. The van der Waals surface area contributed by atoms with Gasteiger partial charge in [0.25, 0.3) is 15.0 Å². The second kappa shape index (κ2) is 6.33. The van der Waals surface area contributed by atoms with Crippen LogP contribution in [0.25, 0.3) is 0 Å². The van der Waals surface area contributed by atoms with Crippen molar-refractivity contribution in [3.05, 3.63) is 28.8 Å². The van der Waals surface area contributed by atoms with Crippen LogP contribution in [-0.2, 0) is 9.05 Å². The van der Waals surface area contributed by atoms with Crippen molar-refractivity contribution in [1.82, 2.24) is 5.32 Å². The summed E-state index contributed by atoms with van der Waals surface area (Å²) >= 11 is 5.96. The zero-order valence-electron chi connectivity index (χ0n) is 11.5. The van der Waals surface area contributed by atoms with Crippen molar-refractivity contribution in [2.45, 2.75) is 44.0 Å². The molecule has 0 aromatic heterocycles. The lowest BCUT2D eigenvalue weighted by molar-refractivity contribution is 0.0901.